The minimum absolute atomic E-state index is 0.108. The van der Waals surface area contributed by atoms with Gasteiger partial charge in [0.25, 0.3) is 0 Å². The van der Waals surface area contributed by atoms with Crippen LogP contribution in [0.3, 0.4) is 0 Å². The number of alkyl carbamates (subject to hydrolysis) is 1. The number of benzene rings is 2. The molecule has 1 heterocycles. The van der Waals surface area contributed by atoms with Crippen LogP contribution in [0.4, 0.5) is 10.5 Å². The SMILES string of the molecule is COc1ccc(Oc2ncc(NCCNC(=O)OC(C)(C)C)c(Oc3ccc(OC)cc3)n2)cc1. The largest absolute Gasteiger partial charge is 0.497 e. The van der Waals surface area contributed by atoms with Crippen molar-refractivity contribution in [3.63, 3.8) is 0 Å². The van der Waals surface area contributed by atoms with Gasteiger partial charge in [0.05, 0.1) is 20.4 Å². The van der Waals surface area contributed by atoms with Crippen molar-refractivity contribution in [3.8, 4) is 34.9 Å². The van der Waals surface area contributed by atoms with Crippen molar-refractivity contribution >= 4 is 11.8 Å². The zero-order valence-corrected chi connectivity index (χ0v) is 20.5. The third-order valence-electron chi connectivity index (χ3n) is 4.38. The molecule has 0 aliphatic rings. The molecule has 0 unspecified atom stereocenters. The Balaban J connectivity index is 1.71. The summed E-state index contributed by atoms with van der Waals surface area (Å²) in [5, 5.41) is 5.85. The lowest BCUT2D eigenvalue weighted by Gasteiger charge is -2.19. The number of anilines is 1. The normalized spacial score (nSPS) is 10.8. The van der Waals surface area contributed by atoms with Gasteiger partial charge in [-0.2, -0.15) is 4.98 Å². The Morgan fingerprint density at radius 3 is 1.91 bits per heavy atom. The predicted octanol–water partition coefficient (Wildman–Crippen LogP) is 5.02. The van der Waals surface area contributed by atoms with E-state index < -0.39 is 11.7 Å². The van der Waals surface area contributed by atoms with Crippen molar-refractivity contribution in [2.45, 2.75) is 26.4 Å². The third kappa shape index (κ3) is 8.26. The number of methoxy groups -OCH3 is 2. The average Bonchev–Trinajstić information content (AvgIpc) is 2.83. The highest BCUT2D eigenvalue weighted by atomic mass is 16.6. The average molecular weight is 483 g/mol. The van der Waals surface area contributed by atoms with Crippen molar-refractivity contribution in [1.29, 1.82) is 0 Å². The Bertz CT molecular complexity index is 1100. The fourth-order valence-electron chi connectivity index (χ4n) is 2.78. The minimum atomic E-state index is -0.565. The number of nitrogens with zero attached hydrogens (tertiary/aromatic N) is 2. The lowest BCUT2D eigenvalue weighted by atomic mass is 10.2. The monoisotopic (exact) mass is 482 g/mol. The van der Waals surface area contributed by atoms with Crippen LogP contribution in [0.25, 0.3) is 0 Å². The highest BCUT2D eigenvalue weighted by molar-refractivity contribution is 5.67. The number of carbonyl (C=O) groups excluding carboxylic acids is 1. The number of hydrogen-bond donors (Lipinski definition) is 2. The predicted molar refractivity (Wildman–Crippen MR) is 131 cm³/mol. The number of hydrogen-bond acceptors (Lipinski definition) is 9. The number of aromatic nitrogens is 2. The van der Waals surface area contributed by atoms with E-state index in [9.17, 15) is 4.79 Å². The minimum Gasteiger partial charge on any atom is -0.497 e. The van der Waals surface area contributed by atoms with Gasteiger partial charge in [0.15, 0.2) is 0 Å². The Hall–Kier alpha value is -4.21. The van der Waals surface area contributed by atoms with Crippen molar-refractivity contribution in [1.82, 2.24) is 15.3 Å². The Labute approximate surface area is 204 Å². The van der Waals surface area contributed by atoms with Gasteiger partial charge in [-0.05, 0) is 69.3 Å². The summed E-state index contributed by atoms with van der Waals surface area (Å²) in [6.07, 6.45) is 1.06. The Morgan fingerprint density at radius 1 is 0.829 bits per heavy atom. The third-order valence-corrected chi connectivity index (χ3v) is 4.38. The van der Waals surface area contributed by atoms with Crippen LogP contribution in [-0.2, 0) is 4.74 Å². The molecular formula is C25H30N4O6. The fraction of sp³-hybridized carbons (Fsp3) is 0.320. The number of nitrogens with one attached hydrogen (secondary N) is 2. The first-order valence-corrected chi connectivity index (χ1v) is 11.0. The molecule has 0 saturated heterocycles. The summed E-state index contributed by atoms with van der Waals surface area (Å²) in [6, 6.07) is 14.2. The first kappa shape index (κ1) is 25.4. The number of rotatable bonds is 10. The van der Waals surface area contributed by atoms with Crippen LogP contribution < -0.4 is 29.6 Å². The molecule has 1 aromatic heterocycles. The van der Waals surface area contributed by atoms with E-state index in [1.165, 1.54) is 0 Å². The Morgan fingerprint density at radius 2 is 1.37 bits per heavy atom. The summed E-state index contributed by atoms with van der Waals surface area (Å²) >= 11 is 0. The van der Waals surface area contributed by atoms with E-state index in [2.05, 4.69) is 20.6 Å². The van der Waals surface area contributed by atoms with Gasteiger partial charge in [-0.15, -0.1) is 0 Å². The van der Waals surface area contributed by atoms with Crippen LogP contribution in [0.15, 0.2) is 54.7 Å². The fourth-order valence-corrected chi connectivity index (χ4v) is 2.78. The van der Waals surface area contributed by atoms with Crippen LogP contribution in [0.5, 0.6) is 34.9 Å². The zero-order valence-electron chi connectivity index (χ0n) is 20.5. The summed E-state index contributed by atoms with van der Waals surface area (Å²) in [4.78, 5) is 20.5. The summed E-state index contributed by atoms with van der Waals surface area (Å²) in [5.41, 5.74) is -0.0429. The maximum absolute atomic E-state index is 11.8. The maximum atomic E-state index is 11.8. The first-order chi connectivity index (χ1) is 16.8. The van der Waals surface area contributed by atoms with E-state index >= 15 is 0 Å². The lowest BCUT2D eigenvalue weighted by Crippen LogP contribution is -2.35. The summed E-state index contributed by atoms with van der Waals surface area (Å²) in [6.45, 7) is 6.13. The molecule has 1 amide bonds. The Kier molecular flexibility index (Phi) is 8.55. The molecule has 0 aliphatic carbocycles. The van der Waals surface area contributed by atoms with Crippen LogP contribution in [-0.4, -0.2) is 49.0 Å². The second-order valence-electron chi connectivity index (χ2n) is 8.28. The molecule has 3 aromatic rings. The van der Waals surface area contributed by atoms with Crippen LogP contribution in [0.1, 0.15) is 20.8 Å². The van der Waals surface area contributed by atoms with E-state index in [4.69, 9.17) is 23.7 Å². The molecule has 0 spiro atoms. The topological polar surface area (TPSA) is 113 Å². The molecule has 2 N–H and O–H groups in total. The highest BCUT2D eigenvalue weighted by Gasteiger charge is 2.16. The van der Waals surface area contributed by atoms with E-state index in [-0.39, 0.29) is 11.9 Å². The van der Waals surface area contributed by atoms with Gasteiger partial charge in [0, 0.05) is 13.1 Å². The summed E-state index contributed by atoms with van der Waals surface area (Å²) < 4.78 is 27.4. The molecule has 0 radical (unpaired) electrons. The van der Waals surface area contributed by atoms with Gasteiger partial charge in [0.2, 0.25) is 5.88 Å². The van der Waals surface area contributed by atoms with Crippen LogP contribution in [0, 0.1) is 0 Å². The smallest absolute Gasteiger partial charge is 0.407 e. The molecule has 0 bridgehead atoms. The summed E-state index contributed by atoms with van der Waals surface area (Å²) in [5.74, 6) is 2.76. The molecule has 2 aromatic carbocycles. The molecule has 0 atom stereocenters. The van der Waals surface area contributed by atoms with Crippen LogP contribution in [0.2, 0.25) is 0 Å². The number of carbonyl (C=O) groups is 1. The quantitative estimate of drug-likeness (QED) is 0.385. The summed E-state index contributed by atoms with van der Waals surface area (Å²) in [7, 11) is 3.19. The molecule has 10 heteroatoms. The lowest BCUT2D eigenvalue weighted by molar-refractivity contribution is 0.0530. The maximum Gasteiger partial charge on any atom is 0.407 e. The molecule has 0 aliphatic heterocycles. The molecule has 0 fully saturated rings. The van der Waals surface area contributed by atoms with Gasteiger partial charge in [-0.25, -0.2) is 9.78 Å². The molecule has 186 valence electrons. The van der Waals surface area contributed by atoms with E-state index in [0.717, 1.165) is 0 Å². The molecule has 10 nitrogen and oxygen atoms in total. The second kappa shape index (κ2) is 11.8. The van der Waals surface area contributed by atoms with Gasteiger partial charge < -0.3 is 34.3 Å². The van der Waals surface area contributed by atoms with Crippen molar-refractivity contribution in [2.75, 3.05) is 32.6 Å². The standard InChI is InChI=1S/C25H30N4O6/c1-25(2,3)35-24(30)27-15-14-26-21-16-28-23(34-20-12-8-18(32-5)9-13-20)29-22(21)33-19-10-6-17(31-4)7-11-19/h6-13,16,26H,14-15H2,1-5H3,(H,27,30). The van der Waals surface area contributed by atoms with Gasteiger partial charge in [-0.3, -0.25) is 0 Å². The zero-order chi connectivity index (χ0) is 25.3. The van der Waals surface area contributed by atoms with Gasteiger partial charge >= 0.3 is 12.1 Å². The second-order valence-corrected chi connectivity index (χ2v) is 8.28. The van der Waals surface area contributed by atoms with E-state index in [1.807, 2.05) is 0 Å². The van der Waals surface area contributed by atoms with E-state index in [0.29, 0.717) is 41.8 Å². The van der Waals surface area contributed by atoms with Crippen molar-refractivity contribution < 1.29 is 28.5 Å². The molecule has 35 heavy (non-hydrogen) atoms. The van der Waals surface area contributed by atoms with Crippen LogP contribution >= 0.6 is 0 Å². The molecule has 3 rings (SSSR count). The van der Waals surface area contributed by atoms with Gasteiger partial charge in [0.1, 0.15) is 34.3 Å². The highest BCUT2D eigenvalue weighted by Crippen LogP contribution is 2.31. The molecular weight excluding hydrogens is 452 g/mol. The number of amides is 1. The first-order valence-electron chi connectivity index (χ1n) is 11.0. The molecule has 0 saturated carbocycles. The van der Waals surface area contributed by atoms with Crippen molar-refractivity contribution in [3.05, 3.63) is 54.7 Å². The van der Waals surface area contributed by atoms with E-state index in [1.54, 1.807) is 89.7 Å². The number of ether oxygens (including phenoxy) is 5. The van der Waals surface area contributed by atoms with Crippen molar-refractivity contribution in [2.24, 2.45) is 0 Å². The van der Waals surface area contributed by atoms with Gasteiger partial charge in [-0.1, -0.05) is 0 Å².